The Morgan fingerprint density at radius 3 is 1.77 bits per heavy atom. The molecule has 0 aromatic carbocycles. The third-order valence-electron chi connectivity index (χ3n) is 7.53. The summed E-state index contributed by atoms with van der Waals surface area (Å²) in [6, 6.07) is -0.869. The monoisotopic (exact) mass is 630 g/mol. The van der Waals surface area contributed by atoms with Gasteiger partial charge in [0.05, 0.1) is 25.4 Å². The van der Waals surface area contributed by atoms with Crippen molar-refractivity contribution in [3.8, 4) is 0 Å². The highest BCUT2D eigenvalue weighted by molar-refractivity contribution is 7.47. The first-order valence-electron chi connectivity index (χ1n) is 17.5. The Balaban J connectivity index is 4.25. The van der Waals surface area contributed by atoms with Gasteiger partial charge in [-0.2, -0.15) is 0 Å². The van der Waals surface area contributed by atoms with Gasteiger partial charge in [0.25, 0.3) is 0 Å². The van der Waals surface area contributed by atoms with E-state index >= 15 is 0 Å². The number of rotatable bonds is 32. The number of unbranched alkanes of at least 4 members (excludes halogenated alkanes) is 18. The molecule has 0 saturated carbocycles. The normalized spacial score (nSPS) is 14.8. The van der Waals surface area contributed by atoms with E-state index in [0.717, 1.165) is 38.5 Å². The van der Waals surface area contributed by atoms with Crippen molar-refractivity contribution in [1.29, 1.82) is 0 Å². The molecule has 9 heteroatoms. The van der Waals surface area contributed by atoms with E-state index in [0.29, 0.717) is 6.42 Å². The van der Waals surface area contributed by atoms with Gasteiger partial charge >= 0.3 is 7.82 Å². The SMILES string of the molecule is CCCC/C=C/CC/C=C/C(O)C(COP(=O)(O)OCCN)NC(=O)CCCCCCCCCCCCCCCCCC. The fraction of sp³-hybridized carbons (Fsp3) is 0.853. The molecule has 0 aliphatic carbocycles. The van der Waals surface area contributed by atoms with Gasteiger partial charge in [-0.1, -0.05) is 147 Å². The highest BCUT2D eigenvalue weighted by Crippen LogP contribution is 2.43. The standard InChI is InChI=1S/C34H67N2O6P/c1-3-5-7-9-11-13-14-15-16-17-18-19-20-22-24-26-28-34(38)36-32(31-42-43(39,40)41-30-29-35)33(37)27-25-23-21-12-10-8-6-4-2/h10,12,25,27,32-33,37H,3-9,11,13-24,26,28-31,35H2,1-2H3,(H,36,38)(H,39,40)/b12-10+,27-25+. The fourth-order valence-corrected chi connectivity index (χ4v) is 5.60. The summed E-state index contributed by atoms with van der Waals surface area (Å²) >= 11 is 0. The average Bonchev–Trinajstić information content (AvgIpc) is 2.99. The quantitative estimate of drug-likeness (QED) is 0.0332. The Morgan fingerprint density at radius 1 is 0.744 bits per heavy atom. The van der Waals surface area contributed by atoms with Gasteiger partial charge in [-0.15, -0.1) is 0 Å². The van der Waals surface area contributed by atoms with Gasteiger partial charge < -0.3 is 21.1 Å². The number of hydrogen-bond donors (Lipinski definition) is 4. The molecular weight excluding hydrogens is 563 g/mol. The fourth-order valence-electron chi connectivity index (χ4n) is 4.84. The van der Waals surface area contributed by atoms with E-state index in [9.17, 15) is 19.4 Å². The number of allylic oxidation sites excluding steroid dienone is 3. The van der Waals surface area contributed by atoms with Gasteiger partial charge in [0.15, 0.2) is 0 Å². The Morgan fingerprint density at radius 2 is 1.23 bits per heavy atom. The first kappa shape index (κ1) is 42.0. The summed E-state index contributed by atoms with van der Waals surface area (Å²) in [5.74, 6) is -0.207. The van der Waals surface area contributed by atoms with Crippen molar-refractivity contribution in [2.45, 2.75) is 167 Å². The van der Waals surface area contributed by atoms with Crippen LogP contribution in [0.3, 0.4) is 0 Å². The molecule has 3 unspecified atom stereocenters. The minimum absolute atomic E-state index is 0.0750. The first-order valence-corrected chi connectivity index (χ1v) is 19.0. The Labute approximate surface area is 264 Å². The van der Waals surface area contributed by atoms with Crippen LogP contribution in [0.2, 0.25) is 0 Å². The molecule has 0 aromatic heterocycles. The third-order valence-corrected chi connectivity index (χ3v) is 8.51. The van der Waals surface area contributed by atoms with E-state index in [-0.39, 0.29) is 25.7 Å². The van der Waals surface area contributed by atoms with Crippen LogP contribution in [0.25, 0.3) is 0 Å². The van der Waals surface area contributed by atoms with Crippen molar-refractivity contribution in [1.82, 2.24) is 5.32 Å². The second kappa shape index (κ2) is 31.0. The molecule has 0 aliphatic rings. The lowest BCUT2D eigenvalue weighted by Crippen LogP contribution is -2.45. The highest BCUT2D eigenvalue weighted by atomic mass is 31.2. The summed E-state index contributed by atoms with van der Waals surface area (Å²) in [7, 11) is -4.33. The lowest BCUT2D eigenvalue weighted by Gasteiger charge is -2.23. The third kappa shape index (κ3) is 29.5. The van der Waals surface area contributed by atoms with Crippen LogP contribution < -0.4 is 11.1 Å². The van der Waals surface area contributed by atoms with Crippen molar-refractivity contribution in [2.75, 3.05) is 19.8 Å². The molecule has 0 bridgehead atoms. The van der Waals surface area contributed by atoms with Gasteiger partial charge in [-0.25, -0.2) is 4.57 Å². The number of carbonyl (C=O) groups is 1. The Kier molecular flexibility index (Phi) is 30.2. The summed E-state index contributed by atoms with van der Waals surface area (Å²) in [5, 5.41) is 13.5. The lowest BCUT2D eigenvalue weighted by atomic mass is 10.0. The van der Waals surface area contributed by atoms with Crippen LogP contribution in [0.1, 0.15) is 155 Å². The average molecular weight is 631 g/mol. The maximum absolute atomic E-state index is 12.6. The van der Waals surface area contributed by atoms with Crippen molar-refractivity contribution >= 4 is 13.7 Å². The molecule has 8 nitrogen and oxygen atoms in total. The zero-order chi connectivity index (χ0) is 31.9. The molecule has 0 aromatic rings. The van der Waals surface area contributed by atoms with Crippen LogP contribution in [0.5, 0.6) is 0 Å². The van der Waals surface area contributed by atoms with E-state index in [2.05, 4.69) is 31.3 Å². The smallest absolute Gasteiger partial charge is 0.387 e. The zero-order valence-electron chi connectivity index (χ0n) is 27.7. The maximum atomic E-state index is 12.6. The molecule has 1 amide bonds. The number of phosphoric ester groups is 1. The molecule has 0 fully saturated rings. The number of carbonyl (C=O) groups excluding carboxylic acids is 1. The Hall–Kier alpha value is -1.02. The second-order valence-electron chi connectivity index (χ2n) is 11.7. The lowest BCUT2D eigenvalue weighted by molar-refractivity contribution is -0.123. The van der Waals surface area contributed by atoms with Crippen molar-refractivity contribution in [2.24, 2.45) is 5.73 Å². The summed E-state index contributed by atoms with van der Waals surface area (Å²) in [4.78, 5) is 22.5. The molecule has 0 saturated heterocycles. The highest BCUT2D eigenvalue weighted by Gasteiger charge is 2.26. The number of hydrogen-bond acceptors (Lipinski definition) is 6. The molecule has 254 valence electrons. The number of phosphoric acid groups is 1. The van der Waals surface area contributed by atoms with Crippen molar-refractivity contribution in [3.63, 3.8) is 0 Å². The molecule has 3 atom stereocenters. The van der Waals surface area contributed by atoms with Crippen molar-refractivity contribution in [3.05, 3.63) is 24.3 Å². The van der Waals surface area contributed by atoms with E-state index in [1.54, 1.807) is 6.08 Å². The number of nitrogens with two attached hydrogens (primary N) is 1. The number of nitrogens with one attached hydrogen (secondary N) is 1. The minimum atomic E-state index is -4.33. The van der Waals surface area contributed by atoms with E-state index in [4.69, 9.17) is 14.8 Å². The maximum Gasteiger partial charge on any atom is 0.472 e. The first-order chi connectivity index (χ1) is 20.9. The van der Waals surface area contributed by atoms with Gasteiger partial charge in [0.2, 0.25) is 5.91 Å². The molecule has 0 aliphatic heterocycles. The Bertz CT molecular complexity index is 734. The van der Waals surface area contributed by atoms with Gasteiger partial charge in [-0.05, 0) is 25.7 Å². The second-order valence-corrected chi connectivity index (χ2v) is 13.2. The van der Waals surface area contributed by atoms with E-state index in [1.807, 2.05) is 6.08 Å². The van der Waals surface area contributed by atoms with Crippen LogP contribution in [-0.4, -0.2) is 47.8 Å². The molecule has 0 radical (unpaired) electrons. The van der Waals surface area contributed by atoms with Crippen LogP contribution in [0.15, 0.2) is 24.3 Å². The summed E-state index contributed by atoms with van der Waals surface area (Å²) in [6.45, 7) is 4.02. The number of amides is 1. The number of aliphatic hydroxyl groups excluding tert-OH is 1. The topological polar surface area (TPSA) is 131 Å². The van der Waals surface area contributed by atoms with Crippen LogP contribution in [0.4, 0.5) is 0 Å². The minimum Gasteiger partial charge on any atom is -0.387 e. The molecule has 5 N–H and O–H groups in total. The zero-order valence-corrected chi connectivity index (χ0v) is 28.6. The largest absolute Gasteiger partial charge is 0.472 e. The predicted octanol–water partition coefficient (Wildman–Crippen LogP) is 8.66. The number of aliphatic hydroxyl groups is 1. The van der Waals surface area contributed by atoms with Crippen molar-refractivity contribution < 1.29 is 28.4 Å². The van der Waals surface area contributed by atoms with Gasteiger partial charge in [-0.3, -0.25) is 13.8 Å². The van der Waals surface area contributed by atoms with E-state index < -0.39 is 20.0 Å². The van der Waals surface area contributed by atoms with Gasteiger partial charge in [0, 0.05) is 13.0 Å². The van der Waals surface area contributed by atoms with Gasteiger partial charge in [0.1, 0.15) is 0 Å². The van der Waals surface area contributed by atoms with Crippen LogP contribution >= 0.6 is 7.82 Å². The molecule has 43 heavy (non-hydrogen) atoms. The summed E-state index contributed by atoms with van der Waals surface area (Å²) < 4.78 is 21.9. The van der Waals surface area contributed by atoms with Crippen LogP contribution in [0, 0.1) is 0 Å². The van der Waals surface area contributed by atoms with Crippen LogP contribution in [-0.2, 0) is 18.4 Å². The predicted molar refractivity (Wildman–Crippen MR) is 180 cm³/mol. The summed E-state index contributed by atoms with van der Waals surface area (Å²) in [5.41, 5.74) is 5.33. The molecule has 0 rings (SSSR count). The molecule has 0 heterocycles. The summed E-state index contributed by atoms with van der Waals surface area (Å²) in [6.07, 6.45) is 32.4. The molecular formula is C34H67N2O6P. The van der Waals surface area contributed by atoms with E-state index in [1.165, 1.54) is 96.3 Å². The molecule has 0 spiro atoms.